The normalized spacial score (nSPS) is 13.4. The molecule has 0 spiro atoms. The Morgan fingerprint density at radius 2 is 0.719 bits per heavy atom. The van der Waals surface area contributed by atoms with E-state index in [1.165, 1.54) is 44.9 Å². The Labute approximate surface area is 391 Å². The molecular formula is C58H88O6. The van der Waals surface area contributed by atoms with Gasteiger partial charge in [0.15, 0.2) is 6.10 Å². The first-order valence-electron chi connectivity index (χ1n) is 24.9. The Morgan fingerprint density at radius 3 is 1.20 bits per heavy atom. The van der Waals surface area contributed by atoms with Crippen LogP contribution in [0.5, 0.6) is 0 Å². The van der Waals surface area contributed by atoms with Crippen LogP contribution in [0.1, 0.15) is 181 Å². The minimum Gasteiger partial charge on any atom is -0.462 e. The third-order valence-electron chi connectivity index (χ3n) is 9.76. The minimum atomic E-state index is -0.836. The minimum absolute atomic E-state index is 0.125. The standard InChI is InChI=1S/C58H88O6/c1-4-7-10-13-16-19-22-24-26-28-29-31-32-34-36-39-42-45-48-51-57(60)63-54-55(53-62-56(59)50-47-44-41-38-21-18-15-12-9-6-3)64-58(61)52-49-46-43-40-37-35-33-30-27-25-23-20-17-14-11-8-5-2/h7-8,10-11,14,16-17,19-20,23-27,29-31,33-37,42,45,55H,4-6,9,12-13,15,18,21-22,28,32,38-41,43-44,46-54H2,1-3H3/b10-7-,11-8-,17-14-,19-16-,23-20-,26-24-,27-25-,31-29-,33-30+,36-34-,37-35-,45-42-. The highest BCUT2D eigenvalue weighted by Crippen LogP contribution is 2.13. The van der Waals surface area contributed by atoms with Gasteiger partial charge in [-0.15, -0.1) is 0 Å². The number of carbonyl (C=O) groups is 3. The summed E-state index contributed by atoms with van der Waals surface area (Å²) in [6, 6.07) is 0. The molecule has 6 heteroatoms. The van der Waals surface area contributed by atoms with E-state index in [2.05, 4.69) is 93.7 Å². The van der Waals surface area contributed by atoms with E-state index >= 15 is 0 Å². The smallest absolute Gasteiger partial charge is 0.306 e. The highest BCUT2D eigenvalue weighted by molar-refractivity contribution is 5.71. The summed E-state index contributed by atoms with van der Waals surface area (Å²) in [7, 11) is 0. The monoisotopic (exact) mass is 881 g/mol. The molecule has 0 aliphatic heterocycles. The van der Waals surface area contributed by atoms with E-state index in [1.54, 1.807) is 0 Å². The number of ether oxygens (including phenoxy) is 3. The third-order valence-corrected chi connectivity index (χ3v) is 9.76. The molecule has 0 amide bonds. The molecule has 0 radical (unpaired) electrons. The van der Waals surface area contributed by atoms with Crippen LogP contribution in [0.3, 0.4) is 0 Å². The van der Waals surface area contributed by atoms with Crippen LogP contribution in [0.2, 0.25) is 0 Å². The van der Waals surface area contributed by atoms with Crippen molar-refractivity contribution < 1.29 is 28.6 Å². The summed E-state index contributed by atoms with van der Waals surface area (Å²) in [5.41, 5.74) is 0. The van der Waals surface area contributed by atoms with Crippen molar-refractivity contribution in [1.29, 1.82) is 0 Å². The molecule has 1 atom stereocenters. The molecule has 0 saturated carbocycles. The number of rotatable bonds is 42. The summed E-state index contributed by atoms with van der Waals surface area (Å²) in [6.07, 6.45) is 72.7. The molecule has 0 aromatic heterocycles. The van der Waals surface area contributed by atoms with Crippen LogP contribution in [-0.2, 0) is 28.6 Å². The van der Waals surface area contributed by atoms with E-state index in [0.29, 0.717) is 19.3 Å². The average Bonchev–Trinajstić information content (AvgIpc) is 3.29. The number of hydrogen-bond donors (Lipinski definition) is 0. The SMILES string of the molecule is CC\C=C/C=C\C=C/C=C\C=C\C=C/CCCCCC(=O)OC(COC(=O)CC/C=C\C/C=C\C/C=C\C/C=C\C/C=C\C/C=C\CC)COC(=O)CCCCCCCCCCCC. The Kier molecular flexibility index (Phi) is 47.2. The van der Waals surface area contributed by atoms with Crippen molar-refractivity contribution in [2.45, 2.75) is 187 Å². The first-order valence-corrected chi connectivity index (χ1v) is 24.9. The number of carbonyl (C=O) groups excluding carboxylic acids is 3. The Hall–Kier alpha value is -4.71. The number of unbranched alkanes of at least 4 members (excludes halogenated alkanes) is 12. The summed E-state index contributed by atoms with van der Waals surface area (Å²) in [6.45, 7) is 6.23. The van der Waals surface area contributed by atoms with E-state index in [-0.39, 0.29) is 44.0 Å². The maximum Gasteiger partial charge on any atom is 0.306 e. The zero-order chi connectivity index (χ0) is 46.5. The van der Waals surface area contributed by atoms with Gasteiger partial charge in [-0.05, 0) is 77.0 Å². The zero-order valence-corrected chi connectivity index (χ0v) is 40.5. The van der Waals surface area contributed by atoms with Crippen LogP contribution < -0.4 is 0 Å². The van der Waals surface area contributed by atoms with Gasteiger partial charge in [0, 0.05) is 19.3 Å². The van der Waals surface area contributed by atoms with Crippen LogP contribution in [0.25, 0.3) is 0 Å². The fraction of sp³-hybridized carbons (Fsp3) is 0.534. The van der Waals surface area contributed by atoms with Crippen molar-refractivity contribution in [3.8, 4) is 0 Å². The molecule has 0 aliphatic rings. The van der Waals surface area contributed by atoms with E-state index in [4.69, 9.17) is 14.2 Å². The molecule has 6 nitrogen and oxygen atoms in total. The topological polar surface area (TPSA) is 78.9 Å². The highest BCUT2D eigenvalue weighted by atomic mass is 16.6. The third kappa shape index (κ3) is 48.3. The summed E-state index contributed by atoms with van der Waals surface area (Å²) in [5.74, 6) is -1.07. The van der Waals surface area contributed by atoms with Crippen molar-refractivity contribution >= 4 is 17.9 Å². The lowest BCUT2D eigenvalue weighted by molar-refractivity contribution is -0.166. The highest BCUT2D eigenvalue weighted by Gasteiger charge is 2.19. The lowest BCUT2D eigenvalue weighted by Gasteiger charge is -2.18. The summed E-state index contributed by atoms with van der Waals surface area (Å²) >= 11 is 0. The van der Waals surface area contributed by atoms with E-state index in [0.717, 1.165) is 83.5 Å². The molecule has 0 N–H and O–H groups in total. The lowest BCUT2D eigenvalue weighted by Crippen LogP contribution is -2.30. The molecule has 0 fully saturated rings. The van der Waals surface area contributed by atoms with Gasteiger partial charge in [0.05, 0.1) is 0 Å². The van der Waals surface area contributed by atoms with Gasteiger partial charge in [-0.25, -0.2) is 0 Å². The Bertz CT molecular complexity index is 1480. The van der Waals surface area contributed by atoms with E-state index < -0.39 is 6.10 Å². The van der Waals surface area contributed by atoms with Crippen LogP contribution in [0.4, 0.5) is 0 Å². The van der Waals surface area contributed by atoms with Crippen LogP contribution >= 0.6 is 0 Å². The largest absolute Gasteiger partial charge is 0.462 e. The maximum atomic E-state index is 12.8. The molecule has 64 heavy (non-hydrogen) atoms. The predicted octanol–water partition coefficient (Wildman–Crippen LogP) is 16.5. The quantitative estimate of drug-likeness (QED) is 0.0200. The van der Waals surface area contributed by atoms with Gasteiger partial charge in [0.2, 0.25) is 0 Å². The van der Waals surface area contributed by atoms with E-state index in [9.17, 15) is 14.4 Å². The first-order chi connectivity index (χ1) is 31.5. The fourth-order valence-corrected chi connectivity index (χ4v) is 6.09. The summed E-state index contributed by atoms with van der Waals surface area (Å²) in [4.78, 5) is 37.9. The van der Waals surface area contributed by atoms with Gasteiger partial charge in [0.25, 0.3) is 0 Å². The second-order valence-corrected chi connectivity index (χ2v) is 15.8. The molecule has 0 saturated heterocycles. The summed E-state index contributed by atoms with van der Waals surface area (Å²) in [5, 5.41) is 0. The van der Waals surface area contributed by atoms with Crippen LogP contribution in [-0.4, -0.2) is 37.2 Å². The van der Waals surface area contributed by atoms with Gasteiger partial charge in [-0.1, -0.05) is 231 Å². The van der Waals surface area contributed by atoms with Crippen LogP contribution in [0.15, 0.2) is 146 Å². The number of esters is 3. The van der Waals surface area contributed by atoms with Crippen molar-refractivity contribution in [1.82, 2.24) is 0 Å². The molecule has 0 heterocycles. The fourth-order valence-electron chi connectivity index (χ4n) is 6.09. The first kappa shape index (κ1) is 59.3. The molecule has 0 aliphatic carbocycles. The van der Waals surface area contributed by atoms with Gasteiger partial charge >= 0.3 is 17.9 Å². The molecule has 356 valence electrons. The molecule has 0 aromatic rings. The van der Waals surface area contributed by atoms with Gasteiger partial charge < -0.3 is 14.2 Å². The molecule has 1 unspecified atom stereocenters. The summed E-state index contributed by atoms with van der Waals surface area (Å²) < 4.78 is 16.6. The van der Waals surface area contributed by atoms with Crippen molar-refractivity contribution in [2.24, 2.45) is 0 Å². The Balaban J connectivity index is 4.61. The van der Waals surface area contributed by atoms with Gasteiger partial charge in [0.1, 0.15) is 13.2 Å². The second-order valence-electron chi connectivity index (χ2n) is 15.8. The molecule has 0 rings (SSSR count). The Morgan fingerprint density at radius 1 is 0.344 bits per heavy atom. The van der Waals surface area contributed by atoms with Gasteiger partial charge in [-0.3, -0.25) is 14.4 Å². The predicted molar refractivity (Wildman–Crippen MR) is 274 cm³/mol. The van der Waals surface area contributed by atoms with Crippen LogP contribution in [0, 0.1) is 0 Å². The maximum absolute atomic E-state index is 12.8. The van der Waals surface area contributed by atoms with Crippen molar-refractivity contribution in [3.05, 3.63) is 146 Å². The zero-order valence-electron chi connectivity index (χ0n) is 40.5. The van der Waals surface area contributed by atoms with Gasteiger partial charge in [-0.2, -0.15) is 0 Å². The number of allylic oxidation sites excluding steroid dienone is 24. The van der Waals surface area contributed by atoms with Crippen molar-refractivity contribution in [2.75, 3.05) is 13.2 Å². The van der Waals surface area contributed by atoms with E-state index in [1.807, 2.05) is 72.9 Å². The molecule has 0 bridgehead atoms. The molecular weight excluding hydrogens is 793 g/mol. The number of hydrogen-bond acceptors (Lipinski definition) is 6. The second kappa shape index (κ2) is 50.9. The molecule has 0 aromatic carbocycles. The average molecular weight is 881 g/mol. The lowest BCUT2D eigenvalue weighted by atomic mass is 10.1. The van der Waals surface area contributed by atoms with Crippen molar-refractivity contribution in [3.63, 3.8) is 0 Å².